The number of hydrogen-bond donors (Lipinski definition) is 1. The summed E-state index contributed by atoms with van der Waals surface area (Å²) in [5.74, 6) is -1.88. The fourth-order valence-corrected chi connectivity index (χ4v) is 3.29. The Kier molecular flexibility index (Phi) is 6.45. The maximum absolute atomic E-state index is 14.1. The topological polar surface area (TPSA) is 71.0 Å². The molecular formula is C21H18ClF4N3O3. The molecule has 1 N–H and O–H groups in total. The highest BCUT2D eigenvalue weighted by Gasteiger charge is 2.48. The molecule has 0 spiro atoms. The zero-order chi connectivity index (χ0) is 23.7. The van der Waals surface area contributed by atoms with Gasteiger partial charge < -0.3 is 10.1 Å². The highest BCUT2D eigenvalue weighted by atomic mass is 35.5. The zero-order valence-corrected chi connectivity index (χ0v) is 17.7. The molecule has 0 bridgehead atoms. The Balaban J connectivity index is 1.90. The van der Waals surface area contributed by atoms with E-state index >= 15 is 0 Å². The third kappa shape index (κ3) is 4.69. The summed E-state index contributed by atoms with van der Waals surface area (Å²) in [6.07, 6.45) is -4.72. The largest absolute Gasteiger partial charge is 0.465 e. The molecule has 1 aliphatic rings. The molecule has 2 aromatic carbocycles. The number of anilines is 1. The van der Waals surface area contributed by atoms with Gasteiger partial charge in [-0.1, -0.05) is 23.7 Å². The van der Waals surface area contributed by atoms with Gasteiger partial charge in [0.05, 0.1) is 30.1 Å². The highest BCUT2D eigenvalue weighted by Crippen LogP contribution is 2.34. The molecule has 1 aliphatic heterocycles. The number of esters is 1. The Morgan fingerprint density at radius 3 is 2.44 bits per heavy atom. The van der Waals surface area contributed by atoms with Crippen LogP contribution < -0.4 is 5.32 Å². The van der Waals surface area contributed by atoms with Gasteiger partial charge in [-0.3, -0.25) is 4.79 Å². The van der Waals surface area contributed by atoms with Crippen molar-refractivity contribution in [2.24, 2.45) is 10.5 Å². The van der Waals surface area contributed by atoms with Gasteiger partial charge in [0.1, 0.15) is 11.2 Å². The average Bonchev–Trinajstić information content (AvgIpc) is 3.08. The summed E-state index contributed by atoms with van der Waals surface area (Å²) >= 11 is 5.91. The molecule has 0 aliphatic carbocycles. The second-order valence-electron chi connectivity index (χ2n) is 7.19. The molecule has 0 aromatic heterocycles. The van der Waals surface area contributed by atoms with E-state index < -0.39 is 40.7 Å². The highest BCUT2D eigenvalue weighted by molar-refractivity contribution is 6.30. The number of alkyl halides is 3. The van der Waals surface area contributed by atoms with Gasteiger partial charge in [-0.15, -0.1) is 0 Å². The van der Waals surface area contributed by atoms with Crippen LogP contribution in [0.5, 0.6) is 0 Å². The number of benzene rings is 2. The van der Waals surface area contributed by atoms with Crippen LogP contribution in [0.4, 0.5) is 28.0 Å². The second-order valence-corrected chi connectivity index (χ2v) is 7.62. The van der Waals surface area contributed by atoms with Crippen molar-refractivity contribution in [2.75, 3.05) is 18.5 Å². The molecule has 11 heteroatoms. The summed E-state index contributed by atoms with van der Waals surface area (Å²) in [6, 6.07) is 7.23. The monoisotopic (exact) mass is 471 g/mol. The fourth-order valence-electron chi connectivity index (χ4n) is 3.17. The van der Waals surface area contributed by atoms with E-state index in [1.807, 2.05) is 0 Å². The van der Waals surface area contributed by atoms with Gasteiger partial charge in [0, 0.05) is 5.02 Å². The molecule has 0 radical (unpaired) electrons. The van der Waals surface area contributed by atoms with Gasteiger partial charge in [0.2, 0.25) is 0 Å². The van der Waals surface area contributed by atoms with Crippen LogP contribution in [0.25, 0.3) is 0 Å². The Hall–Kier alpha value is -3.14. The number of hydrogen-bond acceptors (Lipinski definition) is 4. The number of nitrogens with one attached hydrogen (secondary N) is 1. The SMILES string of the molecule is CCOC(=O)C1(C)CN(C(=O)Nc2ccc(C(F)(F)F)cc2F)N=C1c1ccc(Cl)cc1. The molecule has 0 saturated heterocycles. The zero-order valence-electron chi connectivity index (χ0n) is 17.0. The van der Waals surface area contributed by atoms with Gasteiger partial charge in [0.25, 0.3) is 0 Å². The number of rotatable bonds is 4. The minimum atomic E-state index is -4.72. The number of urea groups is 1. The number of carbonyl (C=O) groups is 2. The summed E-state index contributed by atoms with van der Waals surface area (Å²) in [4.78, 5) is 25.4. The van der Waals surface area contributed by atoms with Crippen molar-refractivity contribution in [1.82, 2.24) is 5.01 Å². The molecular weight excluding hydrogens is 454 g/mol. The minimum absolute atomic E-state index is 0.102. The second kappa shape index (κ2) is 8.78. The maximum Gasteiger partial charge on any atom is 0.416 e. The van der Waals surface area contributed by atoms with E-state index in [1.165, 1.54) is 0 Å². The number of halogens is 5. The van der Waals surface area contributed by atoms with Crippen LogP contribution in [-0.4, -0.2) is 35.9 Å². The lowest BCUT2D eigenvalue weighted by Crippen LogP contribution is -2.42. The van der Waals surface area contributed by atoms with Crippen LogP contribution in [-0.2, 0) is 15.7 Å². The van der Waals surface area contributed by atoms with E-state index in [2.05, 4.69) is 10.4 Å². The van der Waals surface area contributed by atoms with Gasteiger partial charge in [-0.05, 0) is 49.7 Å². The van der Waals surface area contributed by atoms with Crippen LogP contribution in [0, 0.1) is 11.2 Å². The lowest BCUT2D eigenvalue weighted by atomic mass is 9.82. The number of hydrazone groups is 1. The molecule has 6 nitrogen and oxygen atoms in total. The summed E-state index contributed by atoms with van der Waals surface area (Å²) < 4.78 is 57.5. The molecule has 170 valence electrons. The Morgan fingerprint density at radius 1 is 1.22 bits per heavy atom. The first-order valence-corrected chi connectivity index (χ1v) is 9.81. The lowest BCUT2D eigenvalue weighted by Gasteiger charge is -2.24. The van der Waals surface area contributed by atoms with Crippen molar-refractivity contribution in [3.63, 3.8) is 0 Å². The Morgan fingerprint density at radius 2 is 1.88 bits per heavy atom. The van der Waals surface area contributed by atoms with E-state index in [1.54, 1.807) is 38.1 Å². The lowest BCUT2D eigenvalue weighted by molar-refractivity contribution is -0.150. The molecule has 0 fully saturated rings. The number of amides is 2. The van der Waals surface area contributed by atoms with E-state index in [0.29, 0.717) is 16.7 Å². The number of carbonyl (C=O) groups excluding carboxylic acids is 2. The molecule has 0 saturated carbocycles. The smallest absolute Gasteiger partial charge is 0.416 e. The van der Waals surface area contributed by atoms with Crippen LogP contribution in [0.15, 0.2) is 47.6 Å². The van der Waals surface area contributed by atoms with E-state index in [-0.39, 0.29) is 24.9 Å². The average molecular weight is 472 g/mol. The minimum Gasteiger partial charge on any atom is -0.465 e. The summed E-state index contributed by atoms with van der Waals surface area (Å²) in [5, 5.41) is 7.76. The van der Waals surface area contributed by atoms with Gasteiger partial charge >= 0.3 is 18.2 Å². The predicted molar refractivity (Wildman–Crippen MR) is 110 cm³/mol. The molecule has 1 atom stereocenters. The van der Waals surface area contributed by atoms with E-state index in [0.717, 1.165) is 11.1 Å². The van der Waals surface area contributed by atoms with Crippen LogP contribution in [0.2, 0.25) is 5.02 Å². The molecule has 3 rings (SSSR count). The normalized spacial score (nSPS) is 18.3. The van der Waals surface area contributed by atoms with Crippen molar-refractivity contribution in [2.45, 2.75) is 20.0 Å². The first kappa shape index (κ1) is 23.5. The van der Waals surface area contributed by atoms with Crippen molar-refractivity contribution in [3.8, 4) is 0 Å². The standard InChI is InChI=1S/C21H18ClF4N3O3/c1-3-32-18(30)20(2)11-29(28-17(20)12-4-7-14(22)8-5-12)19(31)27-16-9-6-13(10-15(16)23)21(24,25)26/h4-10H,3,11H2,1-2H3,(H,27,31). The first-order valence-electron chi connectivity index (χ1n) is 9.43. The van der Waals surface area contributed by atoms with Crippen molar-refractivity contribution in [3.05, 3.63) is 64.4 Å². The quantitative estimate of drug-likeness (QED) is 0.484. The van der Waals surface area contributed by atoms with Crippen molar-refractivity contribution in [1.29, 1.82) is 0 Å². The molecule has 2 amide bonds. The van der Waals surface area contributed by atoms with Crippen LogP contribution >= 0.6 is 11.6 Å². The van der Waals surface area contributed by atoms with Gasteiger partial charge in [-0.25, -0.2) is 14.2 Å². The first-order chi connectivity index (χ1) is 15.0. The summed E-state index contributed by atoms with van der Waals surface area (Å²) in [7, 11) is 0. The number of ether oxygens (including phenoxy) is 1. The molecule has 2 aromatic rings. The summed E-state index contributed by atoms with van der Waals surface area (Å²) in [6.45, 7) is 3.06. The van der Waals surface area contributed by atoms with Crippen molar-refractivity contribution >= 4 is 35.0 Å². The molecule has 1 unspecified atom stereocenters. The van der Waals surface area contributed by atoms with Crippen LogP contribution in [0.1, 0.15) is 25.0 Å². The van der Waals surface area contributed by atoms with Gasteiger partial charge in [-0.2, -0.15) is 18.3 Å². The van der Waals surface area contributed by atoms with Gasteiger partial charge in [0.15, 0.2) is 0 Å². The van der Waals surface area contributed by atoms with E-state index in [4.69, 9.17) is 16.3 Å². The summed E-state index contributed by atoms with van der Waals surface area (Å²) in [5.41, 5.74) is -2.24. The Bertz CT molecular complexity index is 1070. The molecule has 1 heterocycles. The fraction of sp³-hybridized carbons (Fsp3) is 0.286. The predicted octanol–water partition coefficient (Wildman–Crippen LogP) is 5.32. The maximum atomic E-state index is 14.1. The third-order valence-electron chi connectivity index (χ3n) is 4.83. The Labute approximate surface area is 185 Å². The molecule has 32 heavy (non-hydrogen) atoms. The van der Waals surface area contributed by atoms with Crippen LogP contribution in [0.3, 0.4) is 0 Å². The van der Waals surface area contributed by atoms with E-state index in [9.17, 15) is 27.2 Å². The number of nitrogens with zero attached hydrogens (tertiary/aromatic N) is 2. The van der Waals surface area contributed by atoms with Crippen molar-refractivity contribution < 1.29 is 31.9 Å². The third-order valence-corrected chi connectivity index (χ3v) is 5.08.